The van der Waals surface area contributed by atoms with Gasteiger partial charge in [-0.05, 0) is 24.6 Å². The quantitative estimate of drug-likeness (QED) is 0.400. The fourth-order valence-electron chi connectivity index (χ4n) is 2.70. The number of carbonyl (C=O) groups is 2. The predicted octanol–water partition coefficient (Wildman–Crippen LogP) is 3.55. The Morgan fingerprint density at radius 3 is 2.44 bits per heavy atom. The molecule has 25 heavy (non-hydrogen) atoms. The van der Waals surface area contributed by atoms with Crippen LogP contribution in [-0.4, -0.2) is 24.3 Å². The van der Waals surface area contributed by atoms with Gasteiger partial charge in [0.2, 0.25) is 5.91 Å². The standard InChI is InChI=1S/C21H32N2O2/c1-2-3-4-5-6-10-15-23-19(17-21(22)25)13-14-20(24)16-18-11-8-7-9-12-18/h7-9,11-14,19,23H,2-6,10,15-17H2,1H3,(H2,22,25)/b14-13+/t19-/m0/s1. The Kier molecular flexibility index (Phi) is 11.3. The minimum absolute atomic E-state index is 0.0297. The summed E-state index contributed by atoms with van der Waals surface area (Å²) in [6.45, 7) is 3.04. The highest BCUT2D eigenvalue weighted by atomic mass is 16.1. The van der Waals surface area contributed by atoms with Crippen LogP contribution in [0.1, 0.15) is 57.4 Å². The Bertz CT molecular complexity index is 526. The zero-order chi connectivity index (χ0) is 18.3. The zero-order valence-electron chi connectivity index (χ0n) is 15.4. The third-order valence-electron chi connectivity index (χ3n) is 4.09. The second-order valence-electron chi connectivity index (χ2n) is 6.49. The average Bonchev–Trinajstić information content (AvgIpc) is 2.59. The molecule has 0 radical (unpaired) electrons. The first-order valence-electron chi connectivity index (χ1n) is 9.38. The van der Waals surface area contributed by atoms with Gasteiger partial charge in [-0.15, -0.1) is 0 Å². The summed E-state index contributed by atoms with van der Waals surface area (Å²) in [5.74, 6) is -0.331. The lowest BCUT2D eigenvalue weighted by atomic mass is 10.1. The molecule has 1 amide bonds. The molecule has 0 bridgehead atoms. The van der Waals surface area contributed by atoms with Crippen LogP contribution in [-0.2, 0) is 16.0 Å². The summed E-state index contributed by atoms with van der Waals surface area (Å²) in [6.07, 6.45) is 11.3. The van der Waals surface area contributed by atoms with E-state index in [1.54, 1.807) is 12.2 Å². The molecule has 3 N–H and O–H groups in total. The van der Waals surface area contributed by atoms with E-state index in [0.29, 0.717) is 6.42 Å². The number of primary amides is 1. The summed E-state index contributed by atoms with van der Waals surface area (Å²) in [5.41, 5.74) is 6.30. The van der Waals surface area contributed by atoms with E-state index in [4.69, 9.17) is 5.73 Å². The maximum absolute atomic E-state index is 12.0. The Hall–Kier alpha value is -1.94. The molecule has 0 unspecified atom stereocenters. The zero-order valence-corrected chi connectivity index (χ0v) is 15.4. The van der Waals surface area contributed by atoms with E-state index in [1.165, 1.54) is 32.1 Å². The second kappa shape index (κ2) is 13.4. The van der Waals surface area contributed by atoms with E-state index >= 15 is 0 Å². The number of rotatable bonds is 14. The molecule has 1 rings (SSSR count). The molecule has 0 aliphatic heterocycles. The maximum atomic E-state index is 12.0. The molecule has 4 nitrogen and oxygen atoms in total. The van der Waals surface area contributed by atoms with E-state index in [-0.39, 0.29) is 24.2 Å². The van der Waals surface area contributed by atoms with Gasteiger partial charge in [-0.3, -0.25) is 9.59 Å². The van der Waals surface area contributed by atoms with Crippen LogP contribution in [0.5, 0.6) is 0 Å². The van der Waals surface area contributed by atoms with Crippen LogP contribution in [0, 0.1) is 0 Å². The molecule has 138 valence electrons. The normalized spacial score (nSPS) is 12.4. The third-order valence-corrected chi connectivity index (χ3v) is 4.09. The molecular formula is C21H32N2O2. The van der Waals surface area contributed by atoms with Crippen molar-refractivity contribution in [2.75, 3.05) is 6.54 Å². The molecule has 0 aromatic heterocycles. The van der Waals surface area contributed by atoms with Crippen molar-refractivity contribution < 1.29 is 9.59 Å². The number of nitrogens with one attached hydrogen (secondary N) is 1. The van der Waals surface area contributed by atoms with Gasteiger partial charge in [-0.25, -0.2) is 0 Å². The molecule has 4 heteroatoms. The van der Waals surface area contributed by atoms with Crippen LogP contribution < -0.4 is 11.1 Å². The number of allylic oxidation sites excluding steroid dienone is 1. The molecule has 1 aromatic rings. The number of carbonyl (C=O) groups excluding carboxylic acids is 2. The highest BCUT2D eigenvalue weighted by molar-refractivity contribution is 5.91. The van der Waals surface area contributed by atoms with Crippen molar-refractivity contribution in [3.8, 4) is 0 Å². The maximum Gasteiger partial charge on any atom is 0.219 e. The number of nitrogens with two attached hydrogens (primary N) is 1. The molecule has 0 spiro atoms. The summed E-state index contributed by atoms with van der Waals surface area (Å²) in [5, 5.41) is 3.32. The molecule has 0 saturated heterocycles. The van der Waals surface area contributed by atoms with Crippen molar-refractivity contribution in [1.29, 1.82) is 0 Å². The van der Waals surface area contributed by atoms with Crippen molar-refractivity contribution in [2.24, 2.45) is 5.73 Å². The average molecular weight is 344 g/mol. The van der Waals surface area contributed by atoms with Crippen molar-refractivity contribution in [3.63, 3.8) is 0 Å². The molecule has 0 aliphatic rings. The molecule has 0 fully saturated rings. The molecule has 0 heterocycles. The molecule has 1 aromatic carbocycles. The van der Waals surface area contributed by atoms with Crippen LogP contribution in [0.25, 0.3) is 0 Å². The fraction of sp³-hybridized carbons (Fsp3) is 0.524. The van der Waals surface area contributed by atoms with Gasteiger partial charge < -0.3 is 11.1 Å². The summed E-state index contributed by atoms with van der Waals surface area (Å²) in [4.78, 5) is 23.3. The third kappa shape index (κ3) is 11.3. The smallest absolute Gasteiger partial charge is 0.219 e. The van der Waals surface area contributed by atoms with Gasteiger partial charge in [0.1, 0.15) is 0 Å². The number of benzene rings is 1. The Balaban J connectivity index is 2.35. The Morgan fingerprint density at radius 2 is 1.76 bits per heavy atom. The van der Waals surface area contributed by atoms with E-state index in [1.807, 2.05) is 30.3 Å². The largest absolute Gasteiger partial charge is 0.370 e. The van der Waals surface area contributed by atoms with Crippen molar-refractivity contribution in [2.45, 2.75) is 64.3 Å². The molecular weight excluding hydrogens is 312 g/mol. The lowest BCUT2D eigenvalue weighted by Crippen LogP contribution is -2.32. The number of amides is 1. The van der Waals surface area contributed by atoms with Crippen molar-refractivity contribution in [3.05, 3.63) is 48.0 Å². The molecule has 0 aliphatic carbocycles. The first-order valence-corrected chi connectivity index (χ1v) is 9.38. The van der Waals surface area contributed by atoms with Crippen molar-refractivity contribution >= 4 is 11.7 Å². The first-order chi connectivity index (χ1) is 12.1. The fourth-order valence-corrected chi connectivity index (χ4v) is 2.70. The van der Waals surface area contributed by atoms with Crippen LogP contribution in [0.4, 0.5) is 0 Å². The Labute approximate surface area is 151 Å². The van der Waals surface area contributed by atoms with E-state index in [2.05, 4.69) is 12.2 Å². The van der Waals surface area contributed by atoms with Gasteiger partial charge in [0.05, 0.1) is 0 Å². The number of hydrogen-bond donors (Lipinski definition) is 2. The van der Waals surface area contributed by atoms with Crippen molar-refractivity contribution in [1.82, 2.24) is 5.32 Å². The Morgan fingerprint density at radius 1 is 1.08 bits per heavy atom. The number of ketones is 1. The predicted molar refractivity (Wildman–Crippen MR) is 103 cm³/mol. The van der Waals surface area contributed by atoms with Gasteiger partial charge in [0, 0.05) is 18.9 Å². The van der Waals surface area contributed by atoms with Gasteiger partial charge >= 0.3 is 0 Å². The molecule has 1 atom stereocenters. The summed E-state index contributed by atoms with van der Waals surface area (Å²) < 4.78 is 0. The van der Waals surface area contributed by atoms with E-state index in [0.717, 1.165) is 18.5 Å². The number of unbranched alkanes of at least 4 members (excludes halogenated alkanes) is 5. The first kappa shape index (κ1) is 21.1. The van der Waals surface area contributed by atoms with Gasteiger partial charge in [0.25, 0.3) is 0 Å². The van der Waals surface area contributed by atoms with Gasteiger partial charge in [-0.1, -0.05) is 75.4 Å². The summed E-state index contributed by atoms with van der Waals surface area (Å²) in [7, 11) is 0. The van der Waals surface area contributed by atoms with E-state index in [9.17, 15) is 9.59 Å². The summed E-state index contributed by atoms with van der Waals surface area (Å²) in [6, 6.07) is 9.47. The van der Waals surface area contributed by atoms with Crippen LogP contribution >= 0.6 is 0 Å². The van der Waals surface area contributed by atoms with Gasteiger partial charge in [0.15, 0.2) is 5.78 Å². The lowest BCUT2D eigenvalue weighted by Gasteiger charge is -2.13. The summed E-state index contributed by atoms with van der Waals surface area (Å²) >= 11 is 0. The SMILES string of the molecule is CCCCCCCCN[C@@H](/C=C/C(=O)Cc1ccccc1)CC(N)=O. The minimum atomic E-state index is -0.361. The van der Waals surface area contributed by atoms with Crippen LogP contribution in [0.2, 0.25) is 0 Å². The topological polar surface area (TPSA) is 72.2 Å². The molecule has 0 saturated carbocycles. The second-order valence-corrected chi connectivity index (χ2v) is 6.49. The van der Waals surface area contributed by atoms with Crippen LogP contribution in [0.15, 0.2) is 42.5 Å². The van der Waals surface area contributed by atoms with Gasteiger partial charge in [-0.2, -0.15) is 0 Å². The highest BCUT2D eigenvalue weighted by Crippen LogP contribution is 2.05. The highest BCUT2D eigenvalue weighted by Gasteiger charge is 2.08. The van der Waals surface area contributed by atoms with Crippen LogP contribution in [0.3, 0.4) is 0 Å². The lowest BCUT2D eigenvalue weighted by molar-refractivity contribution is -0.118. The number of hydrogen-bond acceptors (Lipinski definition) is 3. The minimum Gasteiger partial charge on any atom is -0.370 e. The van der Waals surface area contributed by atoms with E-state index < -0.39 is 0 Å². The monoisotopic (exact) mass is 344 g/mol.